The van der Waals surface area contributed by atoms with E-state index in [4.69, 9.17) is 4.42 Å². The third kappa shape index (κ3) is 5.84. The molecule has 1 atom stereocenters. The summed E-state index contributed by atoms with van der Waals surface area (Å²) in [6.07, 6.45) is 3.01. The van der Waals surface area contributed by atoms with Crippen LogP contribution in [0.15, 0.2) is 52.1 Å². The minimum absolute atomic E-state index is 0.273. The molecule has 152 valence electrons. The summed E-state index contributed by atoms with van der Waals surface area (Å²) in [5, 5.41) is 17.0. The lowest BCUT2D eigenvalue weighted by atomic mass is 10.0. The number of aryl methyl sites for hydroxylation is 1. The van der Waals surface area contributed by atoms with E-state index in [0.29, 0.717) is 11.8 Å². The van der Waals surface area contributed by atoms with Crippen LogP contribution in [0.25, 0.3) is 0 Å². The molecule has 0 radical (unpaired) electrons. The predicted molar refractivity (Wildman–Crippen MR) is 112 cm³/mol. The maximum Gasteiger partial charge on any atom is 0.191 e. The highest BCUT2D eigenvalue weighted by molar-refractivity contribution is 5.80. The van der Waals surface area contributed by atoms with E-state index in [9.17, 15) is 5.11 Å². The highest BCUT2D eigenvalue weighted by atomic mass is 16.4. The number of likely N-dealkylation sites (tertiary alicyclic amines) is 1. The Morgan fingerprint density at radius 1 is 1.25 bits per heavy atom. The van der Waals surface area contributed by atoms with Gasteiger partial charge in [-0.3, -0.25) is 9.89 Å². The Hall–Kier alpha value is -2.31. The standard InChI is InChI=1S/C22H32N4O2/c1-3-23-22(24-15-20(27)21-9-6-14-28-21)25-19-10-12-26(13-11-19)16-18-8-5-4-7-17(18)2/h4-9,14,19-20,27H,3,10-13,15-16H2,1-2H3,(H2,23,24,25). The maximum atomic E-state index is 10.2. The second-order valence-electron chi connectivity index (χ2n) is 7.37. The van der Waals surface area contributed by atoms with Gasteiger partial charge < -0.3 is 20.2 Å². The van der Waals surface area contributed by atoms with Crippen molar-refractivity contribution in [3.63, 3.8) is 0 Å². The van der Waals surface area contributed by atoms with Crippen LogP contribution in [-0.4, -0.2) is 48.2 Å². The first-order chi connectivity index (χ1) is 13.7. The summed E-state index contributed by atoms with van der Waals surface area (Å²) in [7, 11) is 0. The smallest absolute Gasteiger partial charge is 0.191 e. The van der Waals surface area contributed by atoms with E-state index in [1.54, 1.807) is 18.4 Å². The Kier molecular flexibility index (Phi) is 7.51. The van der Waals surface area contributed by atoms with E-state index in [1.165, 1.54) is 11.1 Å². The first-order valence-corrected chi connectivity index (χ1v) is 10.2. The zero-order chi connectivity index (χ0) is 19.8. The van der Waals surface area contributed by atoms with Crippen molar-refractivity contribution in [2.45, 2.75) is 45.4 Å². The highest BCUT2D eigenvalue weighted by Crippen LogP contribution is 2.16. The number of guanidine groups is 1. The van der Waals surface area contributed by atoms with E-state index in [0.717, 1.165) is 45.0 Å². The van der Waals surface area contributed by atoms with Crippen LogP contribution in [0.4, 0.5) is 0 Å². The van der Waals surface area contributed by atoms with Gasteiger partial charge in [0.25, 0.3) is 0 Å². The molecular formula is C22H32N4O2. The van der Waals surface area contributed by atoms with Gasteiger partial charge in [-0.1, -0.05) is 24.3 Å². The molecule has 0 amide bonds. The molecule has 0 spiro atoms. The fourth-order valence-corrected chi connectivity index (χ4v) is 3.53. The molecule has 1 fully saturated rings. The van der Waals surface area contributed by atoms with Gasteiger partial charge in [-0.2, -0.15) is 0 Å². The van der Waals surface area contributed by atoms with Crippen molar-refractivity contribution in [2.24, 2.45) is 4.99 Å². The van der Waals surface area contributed by atoms with Gasteiger partial charge >= 0.3 is 0 Å². The van der Waals surface area contributed by atoms with Crippen LogP contribution in [0.1, 0.15) is 42.8 Å². The monoisotopic (exact) mass is 384 g/mol. The van der Waals surface area contributed by atoms with Crippen molar-refractivity contribution in [1.82, 2.24) is 15.5 Å². The van der Waals surface area contributed by atoms with Crippen LogP contribution in [0.3, 0.4) is 0 Å². The van der Waals surface area contributed by atoms with Crippen LogP contribution in [0.2, 0.25) is 0 Å². The maximum absolute atomic E-state index is 10.2. The second-order valence-corrected chi connectivity index (χ2v) is 7.37. The third-order valence-corrected chi connectivity index (χ3v) is 5.22. The van der Waals surface area contributed by atoms with Gasteiger partial charge in [-0.15, -0.1) is 0 Å². The van der Waals surface area contributed by atoms with E-state index < -0.39 is 6.10 Å². The average Bonchev–Trinajstić information content (AvgIpc) is 3.24. The Bertz CT molecular complexity index is 737. The highest BCUT2D eigenvalue weighted by Gasteiger charge is 2.20. The summed E-state index contributed by atoms with van der Waals surface area (Å²) in [5.74, 6) is 1.30. The lowest BCUT2D eigenvalue weighted by molar-refractivity contribution is 0.158. The summed E-state index contributed by atoms with van der Waals surface area (Å²) < 4.78 is 5.24. The van der Waals surface area contributed by atoms with Crippen LogP contribution < -0.4 is 10.6 Å². The fourth-order valence-electron chi connectivity index (χ4n) is 3.53. The normalized spacial score (nSPS) is 17.5. The van der Waals surface area contributed by atoms with Crippen LogP contribution in [-0.2, 0) is 6.54 Å². The molecule has 0 saturated carbocycles. The van der Waals surface area contributed by atoms with Crippen molar-refractivity contribution < 1.29 is 9.52 Å². The first kappa shape index (κ1) is 20.4. The molecule has 6 heteroatoms. The summed E-state index contributed by atoms with van der Waals surface area (Å²) in [6, 6.07) is 12.6. The average molecular weight is 385 g/mol. The van der Waals surface area contributed by atoms with E-state index >= 15 is 0 Å². The molecule has 3 rings (SSSR count). The van der Waals surface area contributed by atoms with Crippen molar-refractivity contribution in [2.75, 3.05) is 26.2 Å². The number of hydrogen-bond donors (Lipinski definition) is 3. The zero-order valence-corrected chi connectivity index (χ0v) is 16.9. The molecule has 2 aromatic rings. The summed E-state index contributed by atoms with van der Waals surface area (Å²) in [5.41, 5.74) is 2.77. The van der Waals surface area contributed by atoms with Crippen LogP contribution in [0, 0.1) is 6.92 Å². The van der Waals surface area contributed by atoms with Gasteiger partial charge in [-0.05, 0) is 49.9 Å². The number of hydrogen-bond acceptors (Lipinski definition) is 4. The van der Waals surface area contributed by atoms with Gasteiger partial charge in [-0.25, -0.2) is 0 Å². The van der Waals surface area contributed by atoms with Gasteiger partial charge in [0.2, 0.25) is 0 Å². The number of rotatable bonds is 7. The SMILES string of the molecule is CCNC(=NCC(O)c1ccco1)NC1CCN(Cc2ccccc2C)CC1. The van der Waals surface area contributed by atoms with E-state index in [1.807, 2.05) is 6.92 Å². The van der Waals surface area contributed by atoms with Crippen molar-refractivity contribution in [1.29, 1.82) is 0 Å². The largest absolute Gasteiger partial charge is 0.467 e. The third-order valence-electron chi connectivity index (χ3n) is 5.22. The minimum Gasteiger partial charge on any atom is -0.467 e. The Morgan fingerprint density at radius 2 is 2.04 bits per heavy atom. The Labute approximate surface area is 167 Å². The zero-order valence-electron chi connectivity index (χ0n) is 16.9. The van der Waals surface area contributed by atoms with Crippen LogP contribution in [0.5, 0.6) is 0 Å². The number of piperidine rings is 1. The first-order valence-electron chi connectivity index (χ1n) is 10.2. The lowest BCUT2D eigenvalue weighted by Gasteiger charge is -2.33. The van der Waals surface area contributed by atoms with Gasteiger partial charge in [0.15, 0.2) is 5.96 Å². The quantitative estimate of drug-likeness (QED) is 0.506. The van der Waals surface area contributed by atoms with E-state index in [2.05, 4.69) is 51.7 Å². The summed E-state index contributed by atoms with van der Waals surface area (Å²) in [6.45, 7) is 8.44. The molecule has 0 bridgehead atoms. The topological polar surface area (TPSA) is 73.0 Å². The number of furan rings is 1. The molecule has 28 heavy (non-hydrogen) atoms. The number of aliphatic hydroxyl groups excluding tert-OH is 1. The molecule has 1 aromatic heterocycles. The molecule has 2 heterocycles. The molecule has 1 unspecified atom stereocenters. The van der Waals surface area contributed by atoms with Gasteiger partial charge in [0.1, 0.15) is 11.9 Å². The minimum atomic E-state index is -0.721. The number of aliphatic imine (C=N–C) groups is 1. The number of benzene rings is 1. The lowest BCUT2D eigenvalue weighted by Crippen LogP contribution is -2.48. The molecule has 1 aromatic carbocycles. The van der Waals surface area contributed by atoms with Crippen molar-refractivity contribution in [3.05, 3.63) is 59.5 Å². The summed E-state index contributed by atoms with van der Waals surface area (Å²) in [4.78, 5) is 7.05. The van der Waals surface area contributed by atoms with Crippen molar-refractivity contribution >= 4 is 5.96 Å². The molecule has 1 aliphatic rings. The number of nitrogens with zero attached hydrogens (tertiary/aromatic N) is 2. The molecular weight excluding hydrogens is 352 g/mol. The number of aliphatic hydroxyl groups is 1. The predicted octanol–water partition coefficient (Wildman–Crippen LogP) is 2.84. The molecule has 1 aliphatic heterocycles. The van der Waals surface area contributed by atoms with Crippen LogP contribution >= 0.6 is 0 Å². The molecule has 6 nitrogen and oxygen atoms in total. The Balaban J connectivity index is 1.48. The van der Waals surface area contributed by atoms with Crippen molar-refractivity contribution in [3.8, 4) is 0 Å². The number of nitrogens with one attached hydrogen (secondary N) is 2. The van der Waals surface area contributed by atoms with Gasteiger partial charge in [0.05, 0.1) is 12.8 Å². The molecule has 0 aliphatic carbocycles. The Morgan fingerprint density at radius 3 is 2.71 bits per heavy atom. The second kappa shape index (κ2) is 10.3. The summed E-state index contributed by atoms with van der Waals surface area (Å²) >= 11 is 0. The van der Waals surface area contributed by atoms with Gasteiger partial charge in [0, 0.05) is 32.2 Å². The fraction of sp³-hybridized carbons (Fsp3) is 0.500. The molecule has 1 saturated heterocycles. The van der Waals surface area contributed by atoms with E-state index in [-0.39, 0.29) is 6.54 Å². The molecule has 3 N–H and O–H groups in total.